The van der Waals surface area contributed by atoms with E-state index in [9.17, 15) is 9.59 Å². The summed E-state index contributed by atoms with van der Waals surface area (Å²) < 4.78 is 4.95. The molecule has 0 aromatic carbocycles. The number of ether oxygens (including phenoxy) is 1. The van der Waals surface area contributed by atoms with Crippen LogP contribution in [0.2, 0.25) is 0 Å². The van der Waals surface area contributed by atoms with E-state index in [2.05, 4.69) is 15.6 Å². The molecule has 104 valence electrons. The predicted octanol–water partition coefficient (Wildman–Crippen LogP) is 1.00. The van der Waals surface area contributed by atoms with Gasteiger partial charge in [-0.3, -0.25) is 9.78 Å². The summed E-state index contributed by atoms with van der Waals surface area (Å²) in [5, 5.41) is 13.8. The Morgan fingerprint density at radius 3 is 2.79 bits per heavy atom. The van der Waals surface area contributed by atoms with Gasteiger partial charge in [0.1, 0.15) is 0 Å². The van der Waals surface area contributed by atoms with Crippen molar-refractivity contribution in [2.75, 3.05) is 19.0 Å². The van der Waals surface area contributed by atoms with Gasteiger partial charge in [-0.25, -0.2) is 4.79 Å². The smallest absolute Gasteiger partial charge is 0.319 e. The van der Waals surface area contributed by atoms with Gasteiger partial charge in [-0.15, -0.1) is 0 Å². The zero-order valence-electron chi connectivity index (χ0n) is 10.8. The number of rotatable bonds is 6. The normalized spacial score (nSPS) is 11.7. The molecule has 0 radical (unpaired) electrons. The van der Waals surface area contributed by atoms with Crippen molar-refractivity contribution in [2.24, 2.45) is 0 Å². The lowest BCUT2D eigenvalue weighted by Crippen LogP contribution is -2.37. The van der Waals surface area contributed by atoms with E-state index >= 15 is 0 Å². The molecule has 0 aliphatic carbocycles. The molecule has 0 aliphatic rings. The average molecular weight is 267 g/mol. The number of pyridine rings is 1. The molecule has 0 bridgehead atoms. The predicted molar refractivity (Wildman–Crippen MR) is 69.0 cm³/mol. The molecular formula is C12H17N3O4. The number of aliphatic carboxylic acids is 1. The van der Waals surface area contributed by atoms with Crippen molar-refractivity contribution in [3.05, 3.63) is 24.0 Å². The highest BCUT2D eigenvalue weighted by Gasteiger charge is 2.13. The van der Waals surface area contributed by atoms with Gasteiger partial charge in [-0.05, 0) is 18.6 Å². The molecule has 2 amide bonds. The topological polar surface area (TPSA) is 101 Å². The monoisotopic (exact) mass is 267 g/mol. The van der Waals surface area contributed by atoms with E-state index in [1.165, 1.54) is 13.3 Å². The van der Waals surface area contributed by atoms with Crippen LogP contribution in [0.3, 0.4) is 0 Å². The van der Waals surface area contributed by atoms with Crippen molar-refractivity contribution in [3.63, 3.8) is 0 Å². The second kappa shape index (κ2) is 7.32. The Hall–Kier alpha value is -2.15. The van der Waals surface area contributed by atoms with Crippen molar-refractivity contribution < 1.29 is 19.4 Å². The molecule has 3 N–H and O–H groups in total. The van der Waals surface area contributed by atoms with Gasteiger partial charge in [-0.1, -0.05) is 0 Å². The number of urea groups is 1. The zero-order valence-corrected chi connectivity index (χ0v) is 10.8. The maximum absolute atomic E-state index is 11.6. The molecule has 1 atom stereocenters. The number of nitrogens with zero attached hydrogens (tertiary/aromatic N) is 1. The number of methoxy groups -OCH3 is 1. The fraction of sp³-hybridized carbons (Fsp3) is 0.417. The number of carbonyl (C=O) groups is 2. The Labute approximate surface area is 111 Å². The van der Waals surface area contributed by atoms with Crippen LogP contribution in [0.15, 0.2) is 18.5 Å². The molecule has 1 aromatic heterocycles. The molecule has 7 nitrogen and oxygen atoms in total. The van der Waals surface area contributed by atoms with Crippen LogP contribution in [0.5, 0.6) is 0 Å². The van der Waals surface area contributed by atoms with E-state index in [0.717, 1.165) is 5.56 Å². The fourth-order valence-electron chi connectivity index (χ4n) is 1.44. The molecule has 0 fully saturated rings. The third-order valence-corrected chi connectivity index (χ3v) is 2.36. The van der Waals surface area contributed by atoms with Crippen LogP contribution in [-0.2, 0) is 9.53 Å². The Balaban J connectivity index is 2.40. The van der Waals surface area contributed by atoms with E-state index in [-0.39, 0.29) is 13.0 Å². The Bertz CT molecular complexity index is 450. The van der Waals surface area contributed by atoms with Gasteiger partial charge in [0.25, 0.3) is 0 Å². The maximum atomic E-state index is 11.6. The highest BCUT2D eigenvalue weighted by Crippen LogP contribution is 2.06. The minimum absolute atomic E-state index is 0.119. The first-order chi connectivity index (χ1) is 9.01. The summed E-state index contributed by atoms with van der Waals surface area (Å²) in [5.74, 6) is -0.975. The number of aryl methyl sites for hydroxylation is 1. The second-order valence-electron chi connectivity index (χ2n) is 4.04. The van der Waals surface area contributed by atoms with Crippen molar-refractivity contribution in [1.82, 2.24) is 10.3 Å². The quantitative estimate of drug-likeness (QED) is 0.714. The first-order valence-corrected chi connectivity index (χ1v) is 5.72. The fourth-order valence-corrected chi connectivity index (χ4v) is 1.44. The van der Waals surface area contributed by atoms with Crippen molar-refractivity contribution >= 4 is 17.7 Å². The molecule has 1 aromatic rings. The lowest BCUT2D eigenvalue weighted by molar-refractivity contribution is -0.139. The summed E-state index contributed by atoms with van der Waals surface area (Å²) >= 11 is 0. The van der Waals surface area contributed by atoms with E-state index in [0.29, 0.717) is 5.69 Å². The van der Waals surface area contributed by atoms with Crippen LogP contribution in [0.4, 0.5) is 10.5 Å². The van der Waals surface area contributed by atoms with Gasteiger partial charge >= 0.3 is 12.0 Å². The molecule has 0 spiro atoms. The number of carboxylic acid groups (broad SMARTS) is 1. The molecule has 1 heterocycles. The summed E-state index contributed by atoms with van der Waals surface area (Å²) in [5.41, 5.74) is 1.50. The zero-order chi connectivity index (χ0) is 14.3. The van der Waals surface area contributed by atoms with Crippen molar-refractivity contribution in [1.29, 1.82) is 0 Å². The van der Waals surface area contributed by atoms with Gasteiger partial charge in [0.05, 0.1) is 24.4 Å². The molecule has 19 heavy (non-hydrogen) atoms. The summed E-state index contributed by atoms with van der Waals surface area (Å²) in [6, 6.07) is 1.34. The first kappa shape index (κ1) is 14.9. The number of carboxylic acids is 1. The SMILES string of the molecule is COC(CNC(=O)Nc1cncc(C)c1)CC(=O)O. The number of amides is 2. The minimum atomic E-state index is -0.975. The largest absolute Gasteiger partial charge is 0.481 e. The first-order valence-electron chi connectivity index (χ1n) is 5.72. The van der Waals surface area contributed by atoms with Crippen molar-refractivity contribution in [3.8, 4) is 0 Å². The van der Waals surface area contributed by atoms with Gasteiger partial charge in [0.2, 0.25) is 0 Å². The second-order valence-corrected chi connectivity index (χ2v) is 4.04. The number of hydrogen-bond acceptors (Lipinski definition) is 4. The number of aromatic nitrogens is 1. The van der Waals surface area contributed by atoms with E-state index < -0.39 is 18.1 Å². The molecule has 0 aliphatic heterocycles. The lowest BCUT2D eigenvalue weighted by atomic mass is 10.2. The lowest BCUT2D eigenvalue weighted by Gasteiger charge is -2.14. The van der Waals surface area contributed by atoms with Crippen LogP contribution in [0.1, 0.15) is 12.0 Å². The third kappa shape index (κ3) is 5.82. The van der Waals surface area contributed by atoms with E-state index in [1.807, 2.05) is 6.92 Å². The standard InChI is InChI=1S/C12H17N3O4/c1-8-3-9(6-13-5-8)15-12(18)14-7-10(19-2)4-11(16)17/h3,5-6,10H,4,7H2,1-2H3,(H,16,17)(H2,14,15,18). The van der Waals surface area contributed by atoms with Crippen molar-refractivity contribution in [2.45, 2.75) is 19.4 Å². The van der Waals surface area contributed by atoms with Gasteiger partial charge in [-0.2, -0.15) is 0 Å². The van der Waals surface area contributed by atoms with Gasteiger partial charge < -0.3 is 20.5 Å². The summed E-state index contributed by atoms with van der Waals surface area (Å²) in [6.07, 6.45) is 2.48. The Morgan fingerprint density at radius 2 is 2.21 bits per heavy atom. The number of anilines is 1. The summed E-state index contributed by atoms with van der Waals surface area (Å²) in [4.78, 5) is 26.0. The van der Waals surface area contributed by atoms with E-state index in [1.54, 1.807) is 12.3 Å². The molecular weight excluding hydrogens is 250 g/mol. The number of carbonyl (C=O) groups excluding carboxylic acids is 1. The van der Waals surface area contributed by atoms with Gasteiger partial charge in [0, 0.05) is 19.9 Å². The molecule has 1 unspecified atom stereocenters. The van der Waals surface area contributed by atoms with Crippen LogP contribution < -0.4 is 10.6 Å². The Kier molecular flexibility index (Phi) is 5.74. The van der Waals surface area contributed by atoms with E-state index in [4.69, 9.17) is 9.84 Å². The van der Waals surface area contributed by atoms with Gasteiger partial charge in [0.15, 0.2) is 0 Å². The summed E-state index contributed by atoms with van der Waals surface area (Å²) in [7, 11) is 1.40. The maximum Gasteiger partial charge on any atom is 0.319 e. The molecule has 0 saturated carbocycles. The third-order valence-electron chi connectivity index (χ3n) is 2.36. The number of nitrogens with one attached hydrogen (secondary N) is 2. The van der Waals surface area contributed by atoms with Crippen LogP contribution in [0.25, 0.3) is 0 Å². The summed E-state index contributed by atoms with van der Waals surface area (Å²) in [6.45, 7) is 1.98. The van der Waals surface area contributed by atoms with Crippen LogP contribution >= 0.6 is 0 Å². The van der Waals surface area contributed by atoms with Crippen LogP contribution in [0, 0.1) is 6.92 Å². The molecule has 1 rings (SSSR count). The Morgan fingerprint density at radius 1 is 1.47 bits per heavy atom. The average Bonchev–Trinajstić information content (AvgIpc) is 2.34. The highest BCUT2D eigenvalue weighted by atomic mass is 16.5. The van der Waals surface area contributed by atoms with Crippen LogP contribution in [-0.4, -0.2) is 41.8 Å². The minimum Gasteiger partial charge on any atom is -0.481 e. The number of hydrogen-bond donors (Lipinski definition) is 3. The molecule has 7 heteroatoms. The molecule has 0 saturated heterocycles. The highest BCUT2D eigenvalue weighted by molar-refractivity contribution is 5.89.